The summed E-state index contributed by atoms with van der Waals surface area (Å²) in [5.41, 5.74) is 6.37. The maximum absolute atomic E-state index is 11.9. The lowest BCUT2D eigenvalue weighted by atomic mass is 10.1. The van der Waals surface area contributed by atoms with Crippen molar-refractivity contribution in [1.29, 1.82) is 0 Å². The van der Waals surface area contributed by atoms with Crippen molar-refractivity contribution in [2.24, 2.45) is 0 Å². The summed E-state index contributed by atoms with van der Waals surface area (Å²) < 4.78 is 9.52. The van der Waals surface area contributed by atoms with Gasteiger partial charge in [-0.05, 0) is 19.1 Å². The summed E-state index contributed by atoms with van der Waals surface area (Å²) in [5, 5.41) is 2.50. The number of ether oxygens (including phenoxy) is 2. The number of hydrogen-bond acceptors (Lipinski definition) is 5. The van der Waals surface area contributed by atoms with E-state index in [1.165, 1.54) is 33.3 Å². The second-order valence-corrected chi connectivity index (χ2v) is 3.71. The number of hydrogen-bond donors (Lipinski definition) is 2. The highest BCUT2D eigenvalue weighted by molar-refractivity contribution is 5.97. The summed E-state index contributed by atoms with van der Waals surface area (Å²) in [4.78, 5) is 23.0. The van der Waals surface area contributed by atoms with E-state index in [0.29, 0.717) is 17.0 Å². The van der Waals surface area contributed by atoms with Gasteiger partial charge < -0.3 is 20.5 Å². The molecular weight excluding hydrogens is 236 g/mol. The number of methoxy groups -OCH3 is 2. The molecule has 0 aliphatic heterocycles. The van der Waals surface area contributed by atoms with Crippen molar-refractivity contribution in [1.82, 2.24) is 5.32 Å². The van der Waals surface area contributed by atoms with Crippen LogP contribution in [-0.4, -0.2) is 32.1 Å². The third-order valence-electron chi connectivity index (χ3n) is 2.33. The minimum absolute atomic E-state index is 0.322. The van der Waals surface area contributed by atoms with Crippen molar-refractivity contribution in [3.63, 3.8) is 0 Å². The Kier molecular flexibility index (Phi) is 4.53. The molecule has 0 aliphatic carbocycles. The third-order valence-corrected chi connectivity index (χ3v) is 2.33. The predicted octanol–water partition coefficient (Wildman–Crippen LogP) is 0.569. The van der Waals surface area contributed by atoms with Gasteiger partial charge in [-0.1, -0.05) is 0 Å². The number of rotatable bonds is 4. The Hall–Kier alpha value is -2.24. The van der Waals surface area contributed by atoms with Crippen LogP contribution in [0.1, 0.15) is 17.3 Å². The molecule has 0 saturated carbocycles. The topological polar surface area (TPSA) is 90.7 Å². The molecule has 0 aliphatic rings. The first-order valence-corrected chi connectivity index (χ1v) is 5.31. The molecule has 1 aromatic carbocycles. The maximum atomic E-state index is 11.9. The molecule has 6 nitrogen and oxygen atoms in total. The lowest BCUT2D eigenvalue weighted by Crippen LogP contribution is -2.39. The van der Waals surface area contributed by atoms with Crippen molar-refractivity contribution < 1.29 is 19.1 Å². The Balaban J connectivity index is 2.84. The van der Waals surface area contributed by atoms with Crippen LogP contribution < -0.4 is 15.8 Å². The van der Waals surface area contributed by atoms with Gasteiger partial charge in [0.15, 0.2) is 0 Å². The summed E-state index contributed by atoms with van der Waals surface area (Å²) in [6.45, 7) is 1.53. The highest BCUT2D eigenvalue weighted by Gasteiger charge is 2.17. The van der Waals surface area contributed by atoms with Gasteiger partial charge in [-0.25, -0.2) is 4.79 Å². The predicted molar refractivity (Wildman–Crippen MR) is 66.4 cm³/mol. The number of nitrogens with one attached hydrogen (secondary N) is 1. The molecule has 0 spiro atoms. The van der Waals surface area contributed by atoms with Gasteiger partial charge in [0.25, 0.3) is 5.91 Å². The summed E-state index contributed by atoms with van der Waals surface area (Å²) in [5.74, 6) is -0.455. The lowest BCUT2D eigenvalue weighted by molar-refractivity contribution is -0.142. The summed E-state index contributed by atoms with van der Waals surface area (Å²) >= 11 is 0. The van der Waals surface area contributed by atoms with E-state index in [9.17, 15) is 9.59 Å². The van der Waals surface area contributed by atoms with Gasteiger partial charge >= 0.3 is 5.97 Å². The Labute approximate surface area is 105 Å². The molecule has 0 fully saturated rings. The van der Waals surface area contributed by atoms with Crippen LogP contribution >= 0.6 is 0 Å². The van der Waals surface area contributed by atoms with Gasteiger partial charge in [0, 0.05) is 17.3 Å². The van der Waals surface area contributed by atoms with Crippen LogP contribution in [0.15, 0.2) is 18.2 Å². The fourth-order valence-corrected chi connectivity index (χ4v) is 1.39. The van der Waals surface area contributed by atoms with Crippen LogP contribution in [0.5, 0.6) is 5.75 Å². The first-order chi connectivity index (χ1) is 8.47. The van der Waals surface area contributed by atoms with Crippen LogP contribution in [-0.2, 0) is 9.53 Å². The average molecular weight is 252 g/mol. The molecule has 98 valence electrons. The van der Waals surface area contributed by atoms with Crippen LogP contribution in [0.2, 0.25) is 0 Å². The van der Waals surface area contributed by atoms with Crippen molar-refractivity contribution in [3.8, 4) is 5.75 Å². The molecular formula is C12H16N2O4. The second kappa shape index (κ2) is 5.90. The number of carbonyl (C=O) groups is 2. The van der Waals surface area contributed by atoms with E-state index < -0.39 is 17.9 Å². The molecule has 0 bridgehead atoms. The van der Waals surface area contributed by atoms with Gasteiger partial charge in [-0.2, -0.15) is 0 Å². The smallest absolute Gasteiger partial charge is 0.328 e. The third kappa shape index (κ3) is 3.38. The van der Waals surface area contributed by atoms with Gasteiger partial charge in [-0.15, -0.1) is 0 Å². The Bertz CT molecular complexity index is 459. The summed E-state index contributed by atoms with van der Waals surface area (Å²) in [6.07, 6.45) is 0. The first-order valence-electron chi connectivity index (χ1n) is 5.31. The molecule has 1 amide bonds. The van der Waals surface area contributed by atoms with Gasteiger partial charge in [-0.3, -0.25) is 4.79 Å². The largest absolute Gasteiger partial charge is 0.497 e. The molecule has 1 atom stereocenters. The zero-order valence-corrected chi connectivity index (χ0v) is 10.5. The van der Waals surface area contributed by atoms with E-state index in [1.807, 2.05) is 0 Å². The molecule has 18 heavy (non-hydrogen) atoms. The number of benzene rings is 1. The number of anilines is 1. The van der Waals surface area contributed by atoms with E-state index in [4.69, 9.17) is 10.5 Å². The van der Waals surface area contributed by atoms with Crippen molar-refractivity contribution in [2.45, 2.75) is 13.0 Å². The fourth-order valence-electron chi connectivity index (χ4n) is 1.39. The number of esters is 1. The van der Waals surface area contributed by atoms with E-state index in [2.05, 4.69) is 10.1 Å². The van der Waals surface area contributed by atoms with Gasteiger partial charge in [0.05, 0.1) is 14.2 Å². The standard InChI is InChI=1S/C12H16N2O4/c1-7(12(16)18-3)14-11(15)8-4-9(13)6-10(5-8)17-2/h4-7H,13H2,1-3H3,(H,14,15). The Morgan fingerprint density at radius 3 is 2.50 bits per heavy atom. The van der Waals surface area contributed by atoms with Crippen LogP contribution in [0.25, 0.3) is 0 Å². The second-order valence-electron chi connectivity index (χ2n) is 3.71. The molecule has 3 N–H and O–H groups in total. The van der Waals surface area contributed by atoms with E-state index in [1.54, 1.807) is 6.07 Å². The molecule has 0 radical (unpaired) electrons. The zero-order chi connectivity index (χ0) is 13.7. The monoisotopic (exact) mass is 252 g/mol. The van der Waals surface area contributed by atoms with Crippen LogP contribution in [0.4, 0.5) is 5.69 Å². The summed E-state index contributed by atoms with van der Waals surface area (Å²) in [7, 11) is 2.74. The maximum Gasteiger partial charge on any atom is 0.328 e. The average Bonchev–Trinajstić information content (AvgIpc) is 2.36. The lowest BCUT2D eigenvalue weighted by Gasteiger charge is -2.12. The molecule has 6 heteroatoms. The number of carbonyl (C=O) groups excluding carboxylic acids is 2. The molecule has 1 rings (SSSR count). The summed E-state index contributed by atoms with van der Waals surface area (Å²) in [6, 6.07) is 3.91. The van der Waals surface area contributed by atoms with Crippen LogP contribution in [0.3, 0.4) is 0 Å². The zero-order valence-electron chi connectivity index (χ0n) is 10.5. The normalized spacial score (nSPS) is 11.5. The minimum atomic E-state index is -0.727. The van der Waals surface area contributed by atoms with Crippen molar-refractivity contribution in [3.05, 3.63) is 23.8 Å². The molecule has 1 unspecified atom stereocenters. The van der Waals surface area contributed by atoms with Crippen molar-refractivity contribution in [2.75, 3.05) is 20.0 Å². The molecule has 1 aromatic rings. The molecule has 0 aromatic heterocycles. The quantitative estimate of drug-likeness (QED) is 0.604. The van der Waals surface area contributed by atoms with Crippen LogP contribution in [0, 0.1) is 0 Å². The highest BCUT2D eigenvalue weighted by Crippen LogP contribution is 2.18. The SMILES string of the molecule is COC(=O)C(C)NC(=O)c1cc(N)cc(OC)c1. The number of amides is 1. The van der Waals surface area contributed by atoms with E-state index in [0.717, 1.165) is 0 Å². The highest BCUT2D eigenvalue weighted by atomic mass is 16.5. The Morgan fingerprint density at radius 1 is 1.28 bits per heavy atom. The van der Waals surface area contributed by atoms with E-state index in [-0.39, 0.29) is 0 Å². The molecule has 0 heterocycles. The molecule has 0 saturated heterocycles. The number of nitrogen functional groups attached to an aromatic ring is 1. The Morgan fingerprint density at radius 2 is 1.94 bits per heavy atom. The minimum Gasteiger partial charge on any atom is -0.497 e. The van der Waals surface area contributed by atoms with Gasteiger partial charge in [0.2, 0.25) is 0 Å². The van der Waals surface area contributed by atoms with Gasteiger partial charge in [0.1, 0.15) is 11.8 Å². The first kappa shape index (κ1) is 13.8. The van der Waals surface area contributed by atoms with E-state index >= 15 is 0 Å². The van der Waals surface area contributed by atoms with Crippen molar-refractivity contribution >= 4 is 17.6 Å². The fraction of sp³-hybridized carbons (Fsp3) is 0.333. The number of nitrogens with two attached hydrogens (primary N) is 1.